The first kappa shape index (κ1) is 21.9. The van der Waals surface area contributed by atoms with E-state index in [1.807, 2.05) is 22.8 Å². The van der Waals surface area contributed by atoms with E-state index in [0.29, 0.717) is 42.0 Å². The van der Waals surface area contributed by atoms with Gasteiger partial charge >= 0.3 is 0 Å². The number of piperazine rings is 1. The minimum Gasteiger partial charge on any atom is -0.459 e. The van der Waals surface area contributed by atoms with Crippen LogP contribution >= 0.6 is 11.3 Å². The van der Waals surface area contributed by atoms with Gasteiger partial charge in [-0.25, -0.2) is 0 Å². The van der Waals surface area contributed by atoms with Gasteiger partial charge in [-0.2, -0.15) is 0 Å². The van der Waals surface area contributed by atoms with Gasteiger partial charge in [0.1, 0.15) is 0 Å². The molecule has 7 rings (SSSR count). The van der Waals surface area contributed by atoms with Crippen LogP contribution in [0.2, 0.25) is 0 Å². The van der Waals surface area contributed by atoms with Gasteiger partial charge in [-0.1, -0.05) is 0 Å². The second-order valence-electron chi connectivity index (χ2n) is 10.8. The summed E-state index contributed by atoms with van der Waals surface area (Å²) in [5, 5.41) is 3.43. The molecule has 1 aliphatic heterocycles. The number of amides is 3. The van der Waals surface area contributed by atoms with E-state index >= 15 is 0 Å². The van der Waals surface area contributed by atoms with Gasteiger partial charge in [0, 0.05) is 26.2 Å². The largest absolute Gasteiger partial charge is 0.459 e. The van der Waals surface area contributed by atoms with Crippen molar-refractivity contribution < 1.29 is 18.8 Å². The second kappa shape index (κ2) is 8.26. The van der Waals surface area contributed by atoms with Crippen LogP contribution in [0.5, 0.6) is 0 Å². The average molecular weight is 482 g/mol. The fourth-order valence-corrected chi connectivity index (χ4v) is 8.34. The molecule has 4 saturated carbocycles. The summed E-state index contributed by atoms with van der Waals surface area (Å²) in [5.74, 6) is 2.49. The molecule has 4 bridgehead atoms. The van der Waals surface area contributed by atoms with E-state index in [0.717, 1.165) is 42.6 Å². The number of aryl methyl sites for hydroxylation is 1. The third-order valence-corrected chi connectivity index (χ3v) is 9.58. The number of rotatable bonds is 4. The molecule has 5 aliphatic rings. The summed E-state index contributed by atoms with van der Waals surface area (Å²) >= 11 is 1.29. The summed E-state index contributed by atoms with van der Waals surface area (Å²) < 4.78 is 5.14. The number of carbonyl (C=O) groups excluding carboxylic acids is 3. The minimum absolute atomic E-state index is 0.0251. The van der Waals surface area contributed by atoms with Crippen molar-refractivity contribution >= 4 is 34.1 Å². The van der Waals surface area contributed by atoms with Gasteiger partial charge in [-0.15, -0.1) is 11.3 Å². The molecule has 2 aromatic heterocycles. The molecule has 7 nitrogen and oxygen atoms in total. The number of hydrogen-bond acceptors (Lipinski definition) is 5. The highest BCUT2D eigenvalue weighted by Crippen LogP contribution is 2.60. The lowest BCUT2D eigenvalue weighted by molar-refractivity contribution is -0.159. The molecule has 5 fully saturated rings. The van der Waals surface area contributed by atoms with Crippen LogP contribution in [0, 0.1) is 30.1 Å². The van der Waals surface area contributed by atoms with Crippen molar-refractivity contribution in [3.63, 3.8) is 0 Å². The van der Waals surface area contributed by atoms with E-state index in [1.54, 1.807) is 12.1 Å². The highest BCUT2D eigenvalue weighted by molar-refractivity contribution is 7.18. The molecule has 1 saturated heterocycles. The average Bonchev–Trinajstić information content (AvgIpc) is 3.47. The summed E-state index contributed by atoms with van der Waals surface area (Å²) in [5.41, 5.74) is 0.726. The quantitative estimate of drug-likeness (QED) is 0.702. The summed E-state index contributed by atoms with van der Waals surface area (Å²) in [6.45, 7) is 4.22. The summed E-state index contributed by atoms with van der Waals surface area (Å²) in [6, 6.07) is 5.09. The molecule has 4 aliphatic carbocycles. The normalized spacial score (nSPS) is 30.0. The molecular weight excluding hydrogens is 450 g/mol. The number of carbonyl (C=O) groups is 3. The Bertz CT molecular complexity index is 1080. The highest BCUT2D eigenvalue weighted by Gasteiger charge is 2.55. The Balaban J connectivity index is 1.08. The summed E-state index contributed by atoms with van der Waals surface area (Å²) in [6.07, 6.45) is 8.70. The minimum atomic E-state index is -0.331. The van der Waals surface area contributed by atoms with E-state index in [9.17, 15) is 14.4 Å². The SMILES string of the molecule is Cc1cc(NC(=O)c2ccco2)sc1C(=O)N1CCN(C(=O)C23CC4CC(CC(C4)C2)C3)CC1. The molecule has 1 N–H and O–H groups in total. The van der Waals surface area contributed by atoms with Crippen LogP contribution in [0.4, 0.5) is 5.00 Å². The number of thiophene rings is 1. The molecule has 180 valence electrons. The van der Waals surface area contributed by atoms with Crippen LogP contribution in [0.15, 0.2) is 28.9 Å². The smallest absolute Gasteiger partial charge is 0.291 e. The van der Waals surface area contributed by atoms with Gasteiger partial charge in [0.25, 0.3) is 11.8 Å². The Hall–Kier alpha value is -2.61. The number of nitrogens with one attached hydrogen (secondary N) is 1. The molecular formula is C26H31N3O4S. The first-order chi connectivity index (χ1) is 16.4. The third kappa shape index (κ3) is 3.76. The van der Waals surface area contributed by atoms with E-state index in [2.05, 4.69) is 5.32 Å². The molecule has 0 radical (unpaired) electrons. The molecule has 0 unspecified atom stereocenters. The van der Waals surface area contributed by atoms with Crippen LogP contribution in [-0.4, -0.2) is 53.7 Å². The van der Waals surface area contributed by atoms with Gasteiger partial charge in [0.05, 0.1) is 21.6 Å². The van der Waals surface area contributed by atoms with Crippen LogP contribution in [0.3, 0.4) is 0 Å². The van der Waals surface area contributed by atoms with Crippen molar-refractivity contribution in [3.8, 4) is 0 Å². The molecule has 0 atom stereocenters. The topological polar surface area (TPSA) is 82.9 Å². The number of nitrogens with zero attached hydrogens (tertiary/aromatic N) is 2. The zero-order valence-corrected chi connectivity index (χ0v) is 20.4. The van der Waals surface area contributed by atoms with Crippen molar-refractivity contribution in [2.24, 2.45) is 23.2 Å². The molecule has 3 heterocycles. The summed E-state index contributed by atoms with van der Waals surface area (Å²) in [4.78, 5) is 43.7. The van der Waals surface area contributed by atoms with Gasteiger partial charge < -0.3 is 19.5 Å². The molecule has 2 aromatic rings. The number of furan rings is 1. The fourth-order valence-electron chi connectivity index (χ4n) is 7.30. The fraction of sp³-hybridized carbons (Fsp3) is 0.577. The molecule has 8 heteroatoms. The number of hydrogen-bond donors (Lipinski definition) is 1. The van der Waals surface area contributed by atoms with Gasteiger partial charge in [0.15, 0.2) is 5.76 Å². The Labute approximate surface area is 203 Å². The van der Waals surface area contributed by atoms with E-state index in [1.165, 1.54) is 36.9 Å². The maximum atomic E-state index is 13.6. The van der Waals surface area contributed by atoms with Crippen molar-refractivity contribution in [3.05, 3.63) is 40.7 Å². The van der Waals surface area contributed by atoms with Crippen LogP contribution < -0.4 is 5.32 Å². The maximum Gasteiger partial charge on any atom is 0.291 e. The maximum absolute atomic E-state index is 13.6. The van der Waals surface area contributed by atoms with Crippen molar-refractivity contribution in [2.75, 3.05) is 31.5 Å². The van der Waals surface area contributed by atoms with Crippen molar-refractivity contribution in [1.29, 1.82) is 0 Å². The number of anilines is 1. The summed E-state index contributed by atoms with van der Waals surface area (Å²) in [7, 11) is 0. The lowest BCUT2D eigenvalue weighted by atomic mass is 9.49. The lowest BCUT2D eigenvalue weighted by Crippen LogP contribution is -2.58. The Morgan fingerprint density at radius 2 is 1.62 bits per heavy atom. The van der Waals surface area contributed by atoms with E-state index < -0.39 is 0 Å². The van der Waals surface area contributed by atoms with Crippen molar-refractivity contribution in [2.45, 2.75) is 45.4 Å². The Kier molecular flexibility index (Phi) is 5.32. The molecule has 34 heavy (non-hydrogen) atoms. The van der Waals surface area contributed by atoms with Crippen LogP contribution in [-0.2, 0) is 4.79 Å². The highest BCUT2D eigenvalue weighted by atomic mass is 32.1. The van der Waals surface area contributed by atoms with Crippen molar-refractivity contribution in [1.82, 2.24) is 9.80 Å². The van der Waals surface area contributed by atoms with E-state index in [-0.39, 0.29) is 23.0 Å². The lowest BCUT2D eigenvalue weighted by Gasteiger charge is -2.57. The van der Waals surface area contributed by atoms with E-state index in [4.69, 9.17) is 4.42 Å². The van der Waals surface area contributed by atoms with Crippen LogP contribution in [0.25, 0.3) is 0 Å². The van der Waals surface area contributed by atoms with Gasteiger partial charge in [-0.3, -0.25) is 14.4 Å². The predicted octanol–water partition coefficient (Wildman–Crippen LogP) is 4.40. The monoisotopic (exact) mass is 481 g/mol. The van der Waals surface area contributed by atoms with Gasteiger partial charge in [0.2, 0.25) is 5.91 Å². The second-order valence-corrected chi connectivity index (χ2v) is 11.9. The zero-order valence-electron chi connectivity index (χ0n) is 19.5. The predicted molar refractivity (Wildman–Crippen MR) is 129 cm³/mol. The first-order valence-electron chi connectivity index (χ1n) is 12.4. The Morgan fingerprint density at radius 3 is 2.21 bits per heavy atom. The molecule has 0 aromatic carbocycles. The van der Waals surface area contributed by atoms with Gasteiger partial charge in [-0.05, 0) is 87.0 Å². The van der Waals surface area contributed by atoms with Crippen LogP contribution in [0.1, 0.15) is 64.3 Å². The Morgan fingerprint density at radius 1 is 1.00 bits per heavy atom. The molecule has 3 amide bonds. The zero-order chi connectivity index (χ0) is 23.4. The first-order valence-corrected chi connectivity index (χ1v) is 13.3. The third-order valence-electron chi connectivity index (χ3n) is 8.44. The molecule has 0 spiro atoms. The standard InChI is InChI=1S/C26H31N3O4S/c1-16-9-21(27-23(30)20-3-2-8-33-20)34-22(16)24(31)28-4-6-29(7-5-28)25(32)26-13-17-10-18(14-26)12-19(11-17)15-26/h2-3,8-9,17-19H,4-7,10-15H2,1H3,(H,27,30).